The maximum Gasteiger partial charge on any atom is 0.0669 e. The SMILES string of the molecule is N#CC1CCCN(CC2CSc3ccccc32)C1. The molecule has 0 spiro atoms. The van der Waals surface area contributed by atoms with Crippen LogP contribution in [0.5, 0.6) is 0 Å². The zero-order chi connectivity index (χ0) is 12.4. The van der Waals surface area contributed by atoms with Gasteiger partial charge in [0.15, 0.2) is 0 Å². The number of hydrogen-bond donors (Lipinski definition) is 0. The van der Waals surface area contributed by atoms with Gasteiger partial charge in [0.05, 0.1) is 12.0 Å². The van der Waals surface area contributed by atoms with E-state index in [0.717, 1.165) is 19.5 Å². The Hall–Kier alpha value is -0.980. The Kier molecular flexibility index (Phi) is 3.58. The fourth-order valence-corrected chi connectivity index (χ4v) is 4.26. The molecular formula is C15H18N2S. The van der Waals surface area contributed by atoms with E-state index < -0.39 is 0 Å². The highest BCUT2D eigenvalue weighted by Gasteiger charge is 2.27. The second-order valence-corrected chi connectivity index (χ2v) is 6.34. The number of rotatable bonds is 2. The number of hydrogen-bond acceptors (Lipinski definition) is 3. The molecule has 3 rings (SSSR count). The Morgan fingerprint density at radius 1 is 1.39 bits per heavy atom. The number of fused-ring (bicyclic) bond motifs is 1. The van der Waals surface area contributed by atoms with Gasteiger partial charge in [0, 0.05) is 29.7 Å². The summed E-state index contributed by atoms with van der Waals surface area (Å²) in [7, 11) is 0. The summed E-state index contributed by atoms with van der Waals surface area (Å²) in [6.07, 6.45) is 2.27. The minimum atomic E-state index is 0.253. The second kappa shape index (κ2) is 5.34. The van der Waals surface area contributed by atoms with E-state index >= 15 is 0 Å². The molecule has 2 heterocycles. The van der Waals surface area contributed by atoms with Crippen molar-refractivity contribution in [3.63, 3.8) is 0 Å². The summed E-state index contributed by atoms with van der Waals surface area (Å²) in [5.74, 6) is 2.11. The van der Waals surface area contributed by atoms with Crippen LogP contribution < -0.4 is 0 Å². The molecule has 1 saturated heterocycles. The average Bonchev–Trinajstić information content (AvgIpc) is 2.83. The molecule has 2 aliphatic rings. The van der Waals surface area contributed by atoms with Gasteiger partial charge >= 0.3 is 0 Å². The van der Waals surface area contributed by atoms with Gasteiger partial charge in [0.1, 0.15) is 0 Å². The number of benzene rings is 1. The predicted octanol–water partition coefficient (Wildman–Crippen LogP) is 3.11. The molecule has 0 aromatic heterocycles. The summed E-state index contributed by atoms with van der Waals surface area (Å²) in [6.45, 7) is 3.27. The molecule has 3 heteroatoms. The van der Waals surface area contributed by atoms with Crippen LogP contribution in [0.15, 0.2) is 29.2 Å². The lowest BCUT2D eigenvalue weighted by Gasteiger charge is -2.31. The van der Waals surface area contributed by atoms with Gasteiger partial charge in [-0.3, -0.25) is 0 Å². The average molecular weight is 258 g/mol. The monoisotopic (exact) mass is 258 g/mol. The van der Waals surface area contributed by atoms with Crippen molar-refractivity contribution in [3.8, 4) is 6.07 Å². The van der Waals surface area contributed by atoms with Gasteiger partial charge in [0.2, 0.25) is 0 Å². The van der Waals surface area contributed by atoms with Crippen LogP contribution >= 0.6 is 11.8 Å². The van der Waals surface area contributed by atoms with E-state index in [4.69, 9.17) is 5.26 Å². The first-order valence-electron chi connectivity index (χ1n) is 6.70. The molecule has 0 aliphatic carbocycles. The van der Waals surface area contributed by atoms with Gasteiger partial charge in [-0.25, -0.2) is 0 Å². The van der Waals surface area contributed by atoms with Crippen molar-refractivity contribution < 1.29 is 0 Å². The van der Waals surface area contributed by atoms with Crippen molar-refractivity contribution in [2.24, 2.45) is 5.92 Å². The predicted molar refractivity (Wildman–Crippen MR) is 74.7 cm³/mol. The minimum absolute atomic E-state index is 0.253. The third-order valence-electron chi connectivity index (χ3n) is 3.97. The van der Waals surface area contributed by atoms with E-state index in [1.54, 1.807) is 0 Å². The van der Waals surface area contributed by atoms with Crippen LogP contribution in [0.1, 0.15) is 24.3 Å². The Bertz CT molecular complexity index is 466. The van der Waals surface area contributed by atoms with Crippen molar-refractivity contribution in [1.29, 1.82) is 5.26 Å². The summed E-state index contributed by atoms with van der Waals surface area (Å²) in [4.78, 5) is 3.95. The zero-order valence-corrected chi connectivity index (χ0v) is 11.3. The van der Waals surface area contributed by atoms with Crippen molar-refractivity contribution >= 4 is 11.8 Å². The highest BCUT2D eigenvalue weighted by Crippen LogP contribution is 2.39. The van der Waals surface area contributed by atoms with Crippen LogP contribution in [0.2, 0.25) is 0 Å². The second-order valence-electron chi connectivity index (χ2n) is 5.27. The lowest BCUT2D eigenvalue weighted by atomic mass is 9.96. The van der Waals surface area contributed by atoms with E-state index in [9.17, 15) is 0 Å². The first-order chi connectivity index (χ1) is 8.86. The Labute approximate surface area is 113 Å². The summed E-state index contributed by atoms with van der Waals surface area (Å²) >= 11 is 1.98. The maximum absolute atomic E-state index is 9.05. The molecule has 0 saturated carbocycles. The number of nitrogens with zero attached hydrogens (tertiary/aromatic N) is 2. The van der Waals surface area contributed by atoms with Crippen molar-refractivity contribution in [2.75, 3.05) is 25.4 Å². The minimum Gasteiger partial charge on any atom is -0.301 e. The fourth-order valence-electron chi connectivity index (χ4n) is 3.02. The Morgan fingerprint density at radius 2 is 2.28 bits per heavy atom. The molecule has 0 bridgehead atoms. The lowest BCUT2D eigenvalue weighted by Crippen LogP contribution is -2.37. The summed E-state index contributed by atoms with van der Waals surface area (Å²) < 4.78 is 0. The van der Waals surface area contributed by atoms with Gasteiger partial charge in [-0.1, -0.05) is 18.2 Å². The Balaban J connectivity index is 1.66. The number of nitriles is 1. The van der Waals surface area contributed by atoms with Gasteiger partial charge in [0.25, 0.3) is 0 Å². The Morgan fingerprint density at radius 3 is 3.17 bits per heavy atom. The first kappa shape index (κ1) is 12.1. The fraction of sp³-hybridized carbons (Fsp3) is 0.533. The molecule has 0 amide bonds. The van der Waals surface area contributed by atoms with Crippen LogP contribution in [-0.2, 0) is 0 Å². The molecule has 0 N–H and O–H groups in total. The van der Waals surface area contributed by atoms with Crippen LogP contribution in [0.25, 0.3) is 0 Å². The van der Waals surface area contributed by atoms with Crippen molar-refractivity contribution in [1.82, 2.24) is 4.90 Å². The van der Waals surface area contributed by atoms with E-state index in [1.807, 2.05) is 11.8 Å². The third kappa shape index (κ3) is 2.41. The van der Waals surface area contributed by atoms with E-state index in [1.165, 1.54) is 29.2 Å². The van der Waals surface area contributed by atoms with Crippen molar-refractivity contribution in [2.45, 2.75) is 23.7 Å². The van der Waals surface area contributed by atoms with E-state index in [2.05, 4.69) is 35.2 Å². The molecule has 94 valence electrons. The molecular weight excluding hydrogens is 240 g/mol. The normalized spacial score (nSPS) is 27.7. The van der Waals surface area contributed by atoms with Crippen LogP contribution in [0.4, 0.5) is 0 Å². The molecule has 1 aromatic rings. The number of piperidine rings is 1. The molecule has 1 aromatic carbocycles. The van der Waals surface area contributed by atoms with Gasteiger partial charge in [-0.05, 0) is 31.0 Å². The van der Waals surface area contributed by atoms with Gasteiger partial charge in [-0.15, -0.1) is 11.8 Å². The molecule has 2 unspecified atom stereocenters. The number of thioether (sulfide) groups is 1. The summed E-state index contributed by atoms with van der Waals surface area (Å²) in [6, 6.07) is 11.2. The van der Waals surface area contributed by atoms with E-state index in [0.29, 0.717) is 5.92 Å². The third-order valence-corrected chi connectivity index (χ3v) is 5.22. The number of likely N-dealkylation sites (tertiary alicyclic amines) is 1. The summed E-state index contributed by atoms with van der Waals surface area (Å²) in [5, 5.41) is 9.05. The highest BCUT2D eigenvalue weighted by atomic mass is 32.2. The quantitative estimate of drug-likeness (QED) is 0.815. The molecule has 0 radical (unpaired) electrons. The molecule has 18 heavy (non-hydrogen) atoms. The molecule has 2 atom stereocenters. The first-order valence-corrected chi connectivity index (χ1v) is 7.69. The largest absolute Gasteiger partial charge is 0.301 e. The highest BCUT2D eigenvalue weighted by molar-refractivity contribution is 7.99. The molecule has 2 nitrogen and oxygen atoms in total. The van der Waals surface area contributed by atoms with Gasteiger partial charge < -0.3 is 4.90 Å². The van der Waals surface area contributed by atoms with E-state index in [-0.39, 0.29) is 5.92 Å². The van der Waals surface area contributed by atoms with Crippen molar-refractivity contribution in [3.05, 3.63) is 29.8 Å². The van der Waals surface area contributed by atoms with Crippen LogP contribution in [0, 0.1) is 17.2 Å². The topological polar surface area (TPSA) is 27.0 Å². The molecule has 2 aliphatic heterocycles. The maximum atomic E-state index is 9.05. The van der Waals surface area contributed by atoms with Crippen LogP contribution in [-0.4, -0.2) is 30.3 Å². The lowest BCUT2D eigenvalue weighted by molar-refractivity contribution is 0.192. The zero-order valence-electron chi connectivity index (χ0n) is 10.5. The standard InChI is InChI=1S/C15H18N2S/c16-8-12-4-3-7-17(9-12)10-13-11-18-15-6-2-1-5-14(13)15/h1-2,5-6,12-13H,3-4,7,9-11H2. The molecule has 1 fully saturated rings. The summed E-state index contributed by atoms with van der Waals surface area (Å²) in [5.41, 5.74) is 1.52. The smallest absolute Gasteiger partial charge is 0.0669 e. The van der Waals surface area contributed by atoms with Crippen LogP contribution in [0.3, 0.4) is 0 Å². The van der Waals surface area contributed by atoms with Gasteiger partial charge in [-0.2, -0.15) is 5.26 Å².